The molecular formula is C15H18N2O2. The van der Waals surface area contributed by atoms with Crippen LogP contribution in [0.1, 0.15) is 44.0 Å². The van der Waals surface area contributed by atoms with Crippen LogP contribution >= 0.6 is 0 Å². The first kappa shape index (κ1) is 13.5. The fourth-order valence-electron chi connectivity index (χ4n) is 2.17. The van der Waals surface area contributed by atoms with E-state index in [9.17, 15) is 4.79 Å². The van der Waals surface area contributed by atoms with Gasteiger partial charge in [0.25, 0.3) is 0 Å². The summed E-state index contributed by atoms with van der Waals surface area (Å²) in [4.78, 5) is 16.0. The number of rotatable bonds is 5. The van der Waals surface area contributed by atoms with Gasteiger partial charge < -0.3 is 4.52 Å². The van der Waals surface area contributed by atoms with Gasteiger partial charge in [-0.25, -0.2) is 0 Å². The van der Waals surface area contributed by atoms with Gasteiger partial charge in [-0.3, -0.25) is 4.79 Å². The Morgan fingerprint density at radius 3 is 2.53 bits per heavy atom. The van der Waals surface area contributed by atoms with Crippen molar-refractivity contribution in [1.82, 2.24) is 10.1 Å². The van der Waals surface area contributed by atoms with Crippen LogP contribution in [0.25, 0.3) is 0 Å². The monoisotopic (exact) mass is 258 g/mol. The number of Topliss-reactive ketones (excluding diaryl/α,β-unsaturated/α-hetero) is 1. The third kappa shape index (κ3) is 3.28. The molecule has 4 heteroatoms. The molecule has 0 amide bonds. The third-order valence-corrected chi connectivity index (χ3v) is 3.06. The largest absolute Gasteiger partial charge is 0.339 e. The van der Waals surface area contributed by atoms with Gasteiger partial charge in [0, 0.05) is 6.42 Å². The molecule has 0 bridgehead atoms. The molecule has 0 fully saturated rings. The predicted octanol–water partition coefficient (Wildman–Crippen LogP) is 2.99. The van der Waals surface area contributed by atoms with E-state index in [4.69, 9.17) is 4.52 Å². The van der Waals surface area contributed by atoms with Crippen molar-refractivity contribution in [3.8, 4) is 0 Å². The van der Waals surface area contributed by atoms with E-state index in [2.05, 4.69) is 10.1 Å². The number of hydrogen-bond donors (Lipinski definition) is 0. The van der Waals surface area contributed by atoms with Gasteiger partial charge in [0.1, 0.15) is 5.78 Å². The van der Waals surface area contributed by atoms with Gasteiger partial charge in [0.2, 0.25) is 5.89 Å². The van der Waals surface area contributed by atoms with E-state index in [1.165, 1.54) is 0 Å². The smallest absolute Gasteiger partial charge is 0.237 e. The Labute approximate surface area is 112 Å². The fraction of sp³-hybridized carbons (Fsp3) is 0.400. The predicted molar refractivity (Wildman–Crippen MR) is 71.8 cm³/mol. The van der Waals surface area contributed by atoms with Crippen LogP contribution in [0.15, 0.2) is 34.9 Å². The second-order valence-corrected chi connectivity index (χ2v) is 5.04. The molecule has 1 heterocycles. The van der Waals surface area contributed by atoms with Crippen LogP contribution in [0.5, 0.6) is 0 Å². The molecule has 0 saturated heterocycles. The molecule has 0 aliphatic heterocycles. The van der Waals surface area contributed by atoms with Crippen molar-refractivity contribution in [1.29, 1.82) is 0 Å². The van der Waals surface area contributed by atoms with E-state index >= 15 is 0 Å². The summed E-state index contributed by atoms with van der Waals surface area (Å²) in [7, 11) is 0. The van der Waals surface area contributed by atoms with Crippen LogP contribution in [0.3, 0.4) is 0 Å². The SMILES string of the molecule is CC(=O)C(c1nc(Cc2ccccc2)no1)C(C)C. The van der Waals surface area contributed by atoms with Crippen LogP contribution in [-0.4, -0.2) is 15.9 Å². The van der Waals surface area contributed by atoms with Crippen molar-refractivity contribution in [3.63, 3.8) is 0 Å². The Hall–Kier alpha value is -1.97. The lowest BCUT2D eigenvalue weighted by Crippen LogP contribution is -2.15. The summed E-state index contributed by atoms with van der Waals surface area (Å²) in [5, 5.41) is 3.96. The third-order valence-electron chi connectivity index (χ3n) is 3.06. The number of aromatic nitrogens is 2. The second-order valence-electron chi connectivity index (χ2n) is 5.04. The molecule has 1 aromatic carbocycles. The molecule has 2 rings (SSSR count). The van der Waals surface area contributed by atoms with E-state index in [1.54, 1.807) is 6.92 Å². The van der Waals surface area contributed by atoms with Gasteiger partial charge >= 0.3 is 0 Å². The molecule has 1 atom stereocenters. The molecule has 4 nitrogen and oxygen atoms in total. The van der Waals surface area contributed by atoms with Crippen molar-refractivity contribution in [2.45, 2.75) is 33.1 Å². The number of carbonyl (C=O) groups excluding carboxylic acids is 1. The van der Waals surface area contributed by atoms with E-state index in [0.717, 1.165) is 5.56 Å². The van der Waals surface area contributed by atoms with Gasteiger partial charge in [0.15, 0.2) is 5.82 Å². The van der Waals surface area contributed by atoms with Gasteiger partial charge in [-0.05, 0) is 18.4 Å². The summed E-state index contributed by atoms with van der Waals surface area (Å²) < 4.78 is 5.24. The molecule has 100 valence electrons. The average Bonchev–Trinajstić information content (AvgIpc) is 2.77. The molecule has 19 heavy (non-hydrogen) atoms. The highest BCUT2D eigenvalue weighted by Gasteiger charge is 2.26. The summed E-state index contributed by atoms with van der Waals surface area (Å²) in [5.74, 6) is 0.950. The minimum Gasteiger partial charge on any atom is -0.339 e. The number of ketones is 1. The van der Waals surface area contributed by atoms with Crippen LogP contribution in [-0.2, 0) is 11.2 Å². The molecule has 1 unspecified atom stereocenters. The Balaban J connectivity index is 2.17. The summed E-state index contributed by atoms with van der Waals surface area (Å²) in [5.41, 5.74) is 1.12. The zero-order valence-electron chi connectivity index (χ0n) is 11.5. The second kappa shape index (κ2) is 5.78. The minimum absolute atomic E-state index is 0.0601. The Kier molecular flexibility index (Phi) is 4.10. The van der Waals surface area contributed by atoms with Crippen molar-refractivity contribution >= 4 is 5.78 Å². The summed E-state index contributed by atoms with van der Waals surface area (Å²) >= 11 is 0. The first-order valence-corrected chi connectivity index (χ1v) is 6.44. The first-order valence-electron chi connectivity index (χ1n) is 6.44. The zero-order chi connectivity index (χ0) is 13.8. The number of carbonyl (C=O) groups is 1. The topological polar surface area (TPSA) is 56.0 Å². The van der Waals surface area contributed by atoms with Crippen molar-refractivity contribution in [2.75, 3.05) is 0 Å². The van der Waals surface area contributed by atoms with Crippen LogP contribution in [0.4, 0.5) is 0 Å². The molecule has 0 aliphatic rings. The normalized spacial score (nSPS) is 12.6. The molecule has 0 radical (unpaired) electrons. The summed E-state index contributed by atoms with van der Waals surface area (Å²) in [6.45, 7) is 5.52. The van der Waals surface area contributed by atoms with E-state index < -0.39 is 0 Å². The van der Waals surface area contributed by atoms with Crippen LogP contribution < -0.4 is 0 Å². The van der Waals surface area contributed by atoms with Crippen molar-refractivity contribution < 1.29 is 9.32 Å². The lowest BCUT2D eigenvalue weighted by Gasteiger charge is -2.12. The molecule has 0 saturated carbocycles. The summed E-state index contributed by atoms with van der Waals surface area (Å²) in [6.07, 6.45) is 0.618. The molecule has 2 aromatic rings. The lowest BCUT2D eigenvalue weighted by molar-refractivity contribution is -0.119. The van der Waals surface area contributed by atoms with Gasteiger partial charge in [0.05, 0.1) is 5.92 Å². The van der Waals surface area contributed by atoms with Crippen molar-refractivity contribution in [2.24, 2.45) is 5.92 Å². The van der Waals surface area contributed by atoms with Crippen LogP contribution in [0.2, 0.25) is 0 Å². The van der Waals surface area contributed by atoms with Gasteiger partial charge in [-0.2, -0.15) is 4.98 Å². The quantitative estimate of drug-likeness (QED) is 0.827. The standard InChI is InChI=1S/C15H18N2O2/c1-10(2)14(11(3)18)15-16-13(17-19-15)9-12-7-5-4-6-8-12/h4-8,10,14H,9H2,1-3H3. The average molecular weight is 258 g/mol. The summed E-state index contributed by atoms with van der Waals surface area (Å²) in [6, 6.07) is 9.95. The van der Waals surface area contributed by atoms with E-state index in [0.29, 0.717) is 18.1 Å². The molecule has 1 aromatic heterocycles. The maximum absolute atomic E-state index is 11.6. The highest BCUT2D eigenvalue weighted by atomic mass is 16.5. The Morgan fingerprint density at radius 1 is 1.26 bits per heavy atom. The maximum atomic E-state index is 11.6. The van der Waals surface area contributed by atoms with E-state index in [1.807, 2.05) is 44.2 Å². The zero-order valence-corrected chi connectivity index (χ0v) is 11.5. The number of hydrogen-bond acceptors (Lipinski definition) is 4. The number of nitrogens with zero attached hydrogens (tertiary/aromatic N) is 2. The van der Waals surface area contributed by atoms with E-state index in [-0.39, 0.29) is 17.6 Å². The molecule has 0 spiro atoms. The fourth-order valence-corrected chi connectivity index (χ4v) is 2.17. The highest BCUT2D eigenvalue weighted by Crippen LogP contribution is 2.24. The Bertz CT molecular complexity index is 546. The first-order chi connectivity index (χ1) is 9.08. The lowest BCUT2D eigenvalue weighted by atomic mass is 9.92. The van der Waals surface area contributed by atoms with Crippen molar-refractivity contribution in [3.05, 3.63) is 47.6 Å². The maximum Gasteiger partial charge on any atom is 0.237 e. The van der Waals surface area contributed by atoms with Crippen LogP contribution in [0, 0.1) is 5.92 Å². The van der Waals surface area contributed by atoms with Gasteiger partial charge in [-0.15, -0.1) is 0 Å². The Morgan fingerprint density at radius 2 is 1.95 bits per heavy atom. The molecule has 0 N–H and O–H groups in total. The molecule has 0 aliphatic carbocycles. The van der Waals surface area contributed by atoms with Gasteiger partial charge in [-0.1, -0.05) is 49.3 Å². The minimum atomic E-state index is -0.308. The number of benzene rings is 1. The highest BCUT2D eigenvalue weighted by molar-refractivity contribution is 5.82. The molecular weight excluding hydrogens is 240 g/mol.